The number of aliphatic hydroxyl groups is 1. The van der Waals surface area contributed by atoms with Crippen LogP contribution in [0.5, 0.6) is 11.6 Å². The van der Waals surface area contributed by atoms with Crippen LogP contribution in [0.3, 0.4) is 0 Å². The van der Waals surface area contributed by atoms with Crippen LogP contribution in [-0.4, -0.2) is 33.3 Å². The number of benzene rings is 1. The van der Waals surface area contributed by atoms with Gasteiger partial charge >= 0.3 is 0 Å². The van der Waals surface area contributed by atoms with Crippen LogP contribution in [0.1, 0.15) is 38.8 Å². The number of sulfonamides is 1. The molecule has 4 rings (SSSR count). The molecule has 10 heteroatoms. The summed E-state index contributed by atoms with van der Waals surface area (Å²) in [5, 5.41) is 15.6. The maximum Gasteiger partial charge on any atom is 0.267 e. The molecule has 0 bridgehead atoms. The molecule has 2 heterocycles. The fourth-order valence-corrected chi connectivity index (χ4v) is 5.14. The Kier molecular flexibility index (Phi) is 5.91. The highest BCUT2D eigenvalue weighted by Crippen LogP contribution is 2.45. The first kappa shape index (κ1) is 22.2. The molecule has 170 valence electrons. The number of nitrogens with zero attached hydrogens (tertiary/aromatic N) is 4. The summed E-state index contributed by atoms with van der Waals surface area (Å²) in [6, 6.07) is 10.6. The average molecular weight is 458 g/mol. The van der Waals surface area contributed by atoms with Crippen molar-refractivity contribution in [1.29, 1.82) is 0 Å². The molecular weight excluding hydrogens is 430 g/mol. The number of hydrogen-bond donors (Lipinski definition) is 2. The first-order chi connectivity index (χ1) is 15.2. The van der Waals surface area contributed by atoms with Gasteiger partial charge in [-0.05, 0) is 36.8 Å². The van der Waals surface area contributed by atoms with Crippen molar-refractivity contribution >= 4 is 16.0 Å². The van der Waals surface area contributed by atoms with E-state index in [1.807, 2.05) is 32.0 Å². The van der Waals surface area contributed by atoms with Crippen LogP contribution in [0, 0.1) is 11.8 Å². The van der Waals surface area contributed by atoms with E-state index >= 15 is 0 Å². The summed E-state index contributed by atoms with van der Waals surface area (Å²) in [6.45, 7) is 3.96. The summed E-state index contributed by atoms with van der Waals surface area (Å²) in [5.74, 6) is 0.385. The Morgan fingerprint density at radius 3 is 2.47 bits per heavy atom. The van der Waals surface area contributed by atoms with E-state index in [2.05, 4.69) is 19.8 Å². The van der Waals surface area contributed by atoms with Gasteiger partial charge in [-0.2, -0.15) is 10.1 Å². The first-order valence-electron chi connectivity index (χ1n) is 10.5. The molecule has 1 aliphatic rings. The molecule has 0 saturated heterocycles. The van der Waals surface area contributed by atoms with Gasteiger partial charge in [0.05, 0.1) is 11.9 Å². The standard InChI is InChI=1S/C22H27N5O4S/c1-15-8-7-9-16(2)22(15,28)19-12-20(31-17-10-5-4-6-11-17)25-21(24-19)26-32(29,30)18-13-23-27(3)14-18/h4-6,10-16,28H,7-9H2,1-3H3,(H,24,25,26). The molecule has 32 heavy (non-hydrogen) atoms. The zero-order valence-corrected chi connectivity index (χ0v) is 19.1. The van der Waals surface area contributed by atoms with Crippen molar-refractivity contribution in [3.05, 3.63) is 54.5 Å². The number of rotatable bonds is 6. The average Bonchev–Trinajstić information content (AvgIpc) is 3.19. The quantitative estimate of drug-likeness (QED) is 0.582. The molecule has 1 fully saturated rings. The largest absolute Gasteiger partial charge is 0.439 e. The molecule has 0 spiro atoms. The summed E-state index contributed by atoms with van der Waals surface area (Å²) in [5.41, 5.74) is -0.896. The highest BCUT2D eigenvalue weighted by molar-refractivity contribution is 7.92. The lowest BCUT2D eigenvalue weighted by molar-refractivity contribution is -0.0926. The molecule has 9 nitrogen and oxygen atoms in total. The van der Waals surface area contributed by atoms with Crippen molar-refractivity contribution in [3.8, 4) is 11.6 Å². The number of anilines is 1. The highest BCUT2D eigenvalue weighted by atomic mass is 32.2. The molecule has 0 radical (unpaired) electrons. The monoisotopic (exact) mass is 457 g/mol. The zero-order valence-electron chi connectivity index (χ0n) is 18.3. The molecule has 1 aromatic carbocycles. The van der Waals surface area contributed by atoms with Crippen molar-refractivity contribution in [1.82, 2.24) is 19.7 Å². The van der Waals surface area contributed by atoms with E-state index in [1.54, 1.807) is 25.2 Å². The molecule has 2 atom stereocenters. The molecule has 0 aliphatic heterocycles. The SMILES string of the molecule is CC1CCCC(C)C1(O)c1cc(Oc2ccccc2)nc(NS(=O)(=O)c2cnn(C)c2)n1. The Morgan fingerprint density at radius 1 is 1.16 bits per heavy atom. The lowest BCUT2D eigenvalue weighted by Crippen LogP contribution is -2.43. The summed E-state index contributed by atoms with van der Waals surface area (Å²) in [6.07, 6.45) is 5.33. The molecule has 0 amide bonds. The summed E-state index contributed by atoms with van der Waals surface area (Å²) in [4.78, 5) is 8.67. The summed E-state index contributed by atoms with van der Waals surface area (Å²) in [7, 11) is -2.34. The second-order valence-corrected chi connectivity index (χ2v) is 10.0. The predicted octanol–water partition coefficient (Wildman–Crippen LogP) is 3.45. The fourth-order valence-electron chi connectivity index (χ4n) is 4.21. The van der Waals surface area contributed by atoms with E-state index in [9.17, 15) is 13.5 Å². The smallest absolute Gasteiger partial charge is 0.267 e. The second kappa shape index (κ2) is 8.51. The normalized spacial score (nSPS) is 23.6. The summed E-state index contributed by atoms with van der Waals surface area (Å²) >= 11 is 0. The molecule has 1 saturated carbocycles. The Balaban J connectivity index is 1.77. The number of hydrogen-bond acceptors (Lipinski definition) is 7. The zero-order chi connectivity index (χ0) is 22.9. The van der Waals surface area contributed by atoms with E-state index in [1.165, 1.54) is 17.1 Å². The Labute approximate surface area is 187 Å². The van der Waals surface area contributed by atoms with Crippen LogP contribution in [-0.2, 0) is 22.7 Å². The van der Waals surface area contributed by atoms with Crippen molar-refractivity contribution in [3.63, 3.8) is 0 Å². The van der Waals surface area contributed by atoms with Gasteiger partial charge in [0.2, 0.25) is 11.8 Å². The van der Waals surface area contributed by atoms with Gasteiger partial charge in [0, 0.05) is 19.3 Å². The van der Waals surface area contributed by atoms with Crippen LogP contribution in [0.2, 0.25) is 0 Å². The van der Waals surface area contributed by atoms with E-state index in [0.717, 1.165) is 19.3 Å². The number of para-hydroxylation sites is 1. The third-order valence-corrected chi connectivity index (χ3v) is 7.36. The van der Waals surface area contributed by atoms with Crippen molar-refractivity contribution in [2.45, 2.75) is 43.6 Å². The van der Waals surface area contributed by atoms with Crippen LogP contribution in [0.25, 0.3) is 0 Å². The van der Waals surface area contributed by atoms with Gasteiger partial charge in [-0.3, -0.25) is 4.68 Å². The van der Waals surface area contributed by atoms with Gasteiger partial charge in [0.25, 0.3) is 10.0 Å². The van der Waals surface area contributed by atoms with Crippen molar-refractivity contribution in [2.75, 3.05) is 4.72 Å². The van der Waals surface area contributed by atoms with E-state index in [4.69, 9.17) is 4.74 Å². The number of ether oxygens (including phenoxy) is 1. The minimum Gasteiger partial charge on any atom is -0.439 e. The van der Waals surface area contributed by atoms with Crippen LogP contribution < -0.4 is 9.46 Å². The van der Waals surface area contributed by atoms with Crippen LogP contribution in [0.15, 0.2) is 53.7 Å². The Hall–Kier alpha value is -2.98. The van der Waals surface area contributed by atoms with Gasteiger partial charge in [-0.15, -0.1) is 0 Å². The lowest BCUT2D eigenvalue weighted by atomic mass is 9.68. The molecule has 2 aromatic heterocycles. The van der Waals surface area contributed by atoms with Gasteiger partial charge in [-0.1, -0.05) is 38.5 Å². The van der Waals surface area contributed by atoms with E-state index < -0.39 is 15.6 Å². The highest BCUT2D eigenvalue weighted by Gasteiger charge is 2.45. The third-order valence-electron chi connectivity index (χ3n) is 6.07. The summed E-state index contributed by atoms with van der Waals surface area (Å²) < 4.78 is 35.3. The molecule has 1 aliphatic carbocycles. The van der Waals surface area contributed by atoms with Gasteiger partial charge in [0.15, 0.2) is 0 Å². The number of nitrogens with one attached hydrogen (secondary N) is 1. The van der Waals surface area contributed by atoms with Gasteiger partial charge in [-0.25, -0.2) is 18.1 Å². The van der Waals surface area contributed by atoms with Crippen molar-refractivity contribution < 1.29 is 18.3 Å². The van der Waals surface area contributed by atoms with E-state index in [-0.39, 0.29) is 28.6 Å². The number of aryl methyl sites for hydroxylation is 1. The van der Waals surface area contributed by atoms with Crippen LogP contribution >= 0.6 is 0 Å². The minimum atomic E-state index is -3.97. The molecule has 2 unspecified atom stereocenters. The maximum atomic E-state index is 12.8. The van der Waals surface area contributed by atoms with Crippen LogP contribution in [0.4, 0.5) is 5.95 Å². The third kappa shape index (κ3) is 4.33. The Morgan fingerprint density at radius 2 is 1.84 bits per heavy atom. The van der Waals surface area contributed by atoms with Gasteiger partial charge < -0.3 is 9.84 Å². The van der Waals surface area contributed by atoms with Crippen molar-refractivity contribution in [2.24, 2.45) is 18.9 Å². The molecular formula is C22H27N5O4S. The number of aromatic nitrogens is 4. The molecule has 3 aromatic rings. The Bertz CT molecular complexity index is 1190. The maximum absolute atomic E-state index is 12.8. The predicted molar refractivity (Wildman–Crippen MR) is 119 cm³/mol. The topological polar surface area (TPSA) is 119 Å². The second-order valence-electron chi connectivity index (χ2n) is 8.34. The minimum absolute atomic E-state index is 0.0161. The first-order valence-corrected chi connectivity index (χ1v) is 12.0. The van der Waals surface area contributed by atoms with Gasteiger partial charge in [0.1, 0.15) is 16.2 Å². The lowest BCUT2D eigenvalue weighted by Gasteiger charge is -2.42. The fraction of sp³-hybridized carbons (Fsp3) is 0.409. The van der Waals surface area contributed by atoms with E-state index in [0.29, 0.717) is 11.4 Å². The molecule has 2 N–H and O–H groups in total.